The highest BCUT2D eigenvalue weighted by Gasteiger charge is 2.36. The first-order valence-corrected chi connectivity index (χ1v) is 6.98. The third-order valence-corrected chi connectivity index (χ3v) is 4.16. The largest absolute Gasteiger partial charge is 0.385 e. The predicted octanol–water partition coefficient (Wildman–Crippen LogP) is 3.46. The number of hydrogen-bond donors (Lipinski definition) is 1. The lowest BCUT2D eigenvalue weighted by atomic mass is 9.89. The van der Waals surface area contributed by atoms with Gasteiger partial charge in [-0.2, -0.15) is 0 Å². The minimum atomic E-state index is 0.336. The summed E-state index contributed by atoms with van der Waals surface area (Å²) in [5, 5.41) is 3.78. The minimum absolute atomic E-state index is 0.336. The molecule has 1 rings (SSSR count). The smallest absolute Gasteiger partial charge is 0.0467 e. The van der Waals surface area contributed by atoms with E-state index in [-0.39, 0.29) is 0 Å². The van der Waals surface area contributed by atoms with Gasteiger partial charge in [0.15, 0.2) is 0 Å². The summed E-state index contributed by atoms with van der Waals surface area (Å²) in [6.07, 6.45) is 3.79. The van der Waals surface area contributed by atoms with Gasteiger partial charge in [-0.3, -0.25) is 0 Å². The predicted molar refractivity (Wildman–Crippen MR) is 74.2 cm³/mol. The first-order chi connectivity index (χ1) is 7.76. The van der Waals surface area contributed by atoms with E-state index < -0.39 is 0 Å². The van der Waals surface area contributed by atoms with Gasteiger partial charge in [0.1, 0.15) is 0 Å². The van der Waals surface area contributed by atoms with Crippen molar-refractivity contribution >= 4 is 0 Å². The second-order valence-corrected chi connectivity index (χ2v) is 7.44. The molecule has 0 aliphatic heterocycles. The summed E-state index contributed by atoms with van der Waals surface area (Å²) < 4.78 is 5.18. The van der Waals surface area contributed by atoms with Gasteiger partial charge < -0.3 is 10.1 Å². The van der Waals surface area contributed by atoms with E-state index >= 15 is 0 Å². The van der Waals surface area contributed by atoms with Crippen LogP contribution in [-0.4, -0.2) is 26.3 Å². The topological polar surface area (TPSA) is 21.3 Å². The van der Waals surface area contributed by atoms with E-state index in [2.05, 4.69) is 39.9 Å². The lowest BCUT2D eigenvalue weighted by molar-refractivity contribution is 0.147. The van der Waals surface area contributed by atoms with E-state index in [1.165, 1.54) is 12.8 Å². The van der Waals surface area contributed by atoms with Gasteiger partial charge in [-0.05, 0) is 36.0 Å². The van der Waals surface area contributed by atoms with Crippen molar-refractivity contribution in [2.24, 2.45) is 16.7 Å². The van der Waals surface area contributed by atoms with Crippen molar-refractivity contribution in [3.05, 3.63) is 0 Å². The van der Waals surface area contributed by atoms with E-state index in [4.69, 9.17) is 4.74 Å². The Balaban J connectivity index is 2.35. The molecule has 0 aromatic heterocycles. The van der Waals surface area contributed by atoms with Crippen LogP contribution in [0.2, 0.25) is 0 Å². The van der Waals surface area contributed by atoms with E-state index in [1.54, 1.807) is 7.11 Å². The standard InChI is InChI=1S/C15H31NO/c1-12-9-15(4,5)10-13(12)16-11-14(2,3)7-8-17-6/h12-13,16H,7-11H2,1-6H3. The van der Waals surface area contributed by atoms with Crippen molar-refractivity contribution in [2.75, 3.05) is 20.3 Å². The molecular formula is C15H31NO. The quantitative estimate of drug-likeness (QED) is 0.769. The summed E-state index contributed by atoms with van der Waals surface area (Å²) in [6.45, 7) is 13.8. The third-order valence-electron chi connectivity index (χ3n) is 4.16. The molecule has 102 valence electrons. The van der Waals surface area contributed by atoms with Crippen LogP contribution in [0.3, 0.4) is 0 Å². The lowest BCUT2D eigenvalue weighted by Gasteiger charge is -2.28. The van der Waals surface area contributed by atoms with Crippen molar-refractivity contribution < 1.29 is 4.74 Å². The molecule has 0 heterocycles. The Kier molecular flexibility index (Phi) is 5.03. The minimum Gasteiger partial charge on any atom is -0.385 e. The summed E-state index contributed by atoms with van der Waals surface area (Å²) in [5.41, 5.74) is 0.857. The van der Waals surface area contributed by atoms with Crippen LogP contribution in [0.4, 0.5) is 0 Å². The Labute approximate surface area is 108 Å². The van der Waals surface area contributed by atoms with Gasteiger partial charge in [0.05, 0.1) is 0 Å². The molecule has 0 saturated heterocycles. The van der Waals surface area contributed by atoms with E-state index in [0.29, 0.717) is 16.9 Å². The third kappa shape index (κ3) is 4.97. The summed E-state index contributed by atoms with van der Waals surface area (Å²) in [4.78, 5) is 0. The van der Waals surface area contributed by atoms with Gasteiger partial charge in [0.2, 0.25) is 0 Å². The van der Waals surface area contributed by atoms with Crippen molar-refractivity contribution in [1.29, 1.82) is 0 Å². The first-order valence-electron chi connectivity index (χ1n) is 6.98. The maximum Gasteiger partial charge on any atom is 0.0467 e. The molecule has 2 nitrogen and oxygen atoms in total. The highest BCUT2D eigenvalue weighted by atomic mass is 16.5. The van der Waals surface area contributed by atoms with Crippen LogP contribution in [0, 0.1) is 16.7 Å². The molecule has 2 heteroatoms. The lowest BCUT2D eigenvalue weighted by Crippen LogP contribution is -2.39. The van der Waals surface area contributed by atoms with Crippen LogP contribution in [0.15, 0.2) is 0 Å². The van der Waals surface area contributed by atoms with Gasteiger partial charge in [-0.15, -0.1) is 0 Å². The SMILES string of the molecule is COCCC(C)(C)CNC1CC(C)(C)CC1C. The van der Waals surface area contributed by atoms with E-state index in [0.717, 1.165) is 25.5 Å². The van der Waals surface area contributed by atoms with E-state index in [9.17, 15) is 0 Å². The van der Waals surface area contributed by atoms with Gasteiger partial charge >= 0.3 is 0 Å². The zero-order valence-corrected chi connectivity index (χ0v) is 12.6. The molecule has 1 saturated carbocycles. The molecule has 2 unspecified atom stereocenters. The Morgan fingerprint density at radius 2 is 1.94 bits per heavy atom. The van der Waals surface area contributed by atoms with Crippen LogP contribution in [-0.2, 0) is 4.74 Å². The van der Waals surface area contributed by atoms with Gasteiger partial charge in [-0.25, -0.2) is 0 Å². The first kappa shape index (κ1) is 15.0. The number of rotatable bonds is 6. The highest BCUT2D eigenvalue weighted by molar-refractivity contribution is 4.92. The molecule has 1 aliphatic rings. The maximum absolute atomic E-state index is 5.18. The molecule has 0 bridgehead atoms. The molecule has 1 fully saturated rings. The maximum atomic E-state index is 5.18. The normalized spacial score (nSPS) is 28.6. The second kappa shape index (κ2) is 5.71. The highest BCUT2D eigenvalue weighted by Crippen LogP contribution is 2.41. The zero-order valence-electron chi connectivity index (χ0n) is 12.6. The zero-order chi connectivity index (χ0) is 13.1. The van der Waals surface area contributed by atoms with Crippen LogP contribution in [0.5, 0.6) is 0 Å². The average molecular weight is 241 g/mol. The number of ether oxygens (including phenoxy) is 1. The van der Waals surface area contributed by atoms with Gasteiger partial charge in [0.25, 0.3) is 0 Å². The molecule has 17 heavy (non-hydrogen) atoms. The van der Waals surface area contributed by atoms with Crippen molar-refractivity contribution in [2.45, 2.75) is 59.9 Å². The van der Waals surface area contributed by atoms with Gasteiger partial charge in [-0.1, -0.05) is 34.6 Å². The fraction of sp³-hybridized carbons (Fsp3) is 1.00. The van der Waals surface area contributed by atoms with Crippen molar-refractivity contribution in [3.8, 4) is 0 Å². The molecular weight excluding hydrogens is 210 g/mol. The van der Waals surface area contributed by atoms with Crippen LogP contribution >= 0.6 is 0 Å². The monoisotopic (exact) mass is 241 g/mol. The second-order valence-electron chi connectivity index (χ2n) is 7.44. The van der Waals surface area contributed by atoms with Crippen molar-refractivity contribution in [3.63, 3.8) is 0 Å². The Morgan fingerprint density at radius 1 is 1.29 bits per heavy atom. The molecule has 0 amide bonds. The fourth-order valence-corrected chi connectivity index (χ4v) is 3.04. The average Bonchev–Trinajstić information content (AvgIpc) is 2.46. The molecule has 0 aromatic rings. The molecule has 1 aliphatic carbocycles. The number of hydrogen-bond acceptors (Lipinski definition) is 2. The van der Waals surface area contributed by atoms with Gasteiger partial charge in [0, 0.05) is 26.3 Å². The number of methoxy groups -OCH3 is 1. The van der Waals surface area contributed by atoms with Crippen LogP contribution in [0.1, 0.15) is 53.9 Å². The summed E-state index contributed by atoms with van der Waals surface area (Å²) in [5.74, 6) is 0.809. The Morgan fingerprint density at radius 3 is 2.41 bits per heavy atom. The summed E-state index contributed by atoms with van der Waals surface area (Å²) in [7, 11) is 1.78. The number of nitrogens with one attached hydrogen (secondary N) is 1. The molecule has 0 radical (unpaired) electrons. The molecule has 0 spiro atoms. The molecule has 0 aromatic carbocycles. The van der Waals surface area contributed by atoms with Crippen molar-refractivity contribution in [1.82, 2.24) is 5.32 Å². The fourth-order valence-electron chi connectivity index (χ4n) is 3.04. The van der Waals surface area contributed by atoms with Crippen LogP contribution < -0.4 is 5.32 Å². The Hall–Kier alpha value is -0.0800. The van der Waals surface area contributed by atoms with E-state index in [1.807, 2.05) is 0 Å². The molecule has 1 N–H and O–H groups in total. The Bertz CT molecular complexity index is 235. The summed E-state index contributed by atoms with van der Waals surface area (Å²) >= 11 is 0. The summed E-state index contributed by atoms with van der Waals surface area (Å²) in [6, 6.07) is 0.701. The van der Waals surface area contributed by atoms with Crippen LogP contribution in [0.25, 0.3) is 0 Å². The molecule has 2 atom stereocenters.